The summed E-state index contributed by atoms with van der Waals surface area (Å²) in [6.45, 7) is 6.03. The number of rotatable bonds is 5. The second kappa shape index (κ2) is 8.79. The minimum absolute atomic E-state index is 0.298. The molecule has 1 aliphatic rings. The zero-order chi connectivity index (χ0) is 17.7. The molecule has 0 saturated heterocycles. The predicted molar refractivity (Wildman–Crippen MR) is 102 cm³/mol. The molecule has 0 unspecified atom stereocenters. The van der Waals surface area contributed by atoms with Crippen LogP contribution in [0, 0.1) is 0 Å². The molecule has 24 heavy (non-hydrogen) atoms. The highest BCUT2D eigenvalue weighted by molar-refractivity contribution is 8.13. The number of nitrogens with one attached hydrogen (secondary N) is 1. The lowest BCUT2D eigenvalue weighted by Crippen LogP contribution is -2.30. The van der Waals surface area contributed by atoms with Crippen molar-refractivity contribution in [2.75, 3.05) is 12.4 Å². The standard InChI is InChI=1S/C17H20Cl2N2O2S/c1-4-9-24-17-20-10(3)13(16(22)23-5-2)15(21-17)11-7-6-8-12(18)14(11)19/h6-8,15H,4-5,9H2,1-3H3,(H,20,21)/t15-/m1/s1. The summed E-state index contributed by atoms with van der Waals surface area (Å²) in [5, 5.41) is 4.80. The van der Waals surface area contributed by atoms with Gasteiger partial charge in [0.2, 0.25) is 0 Å². The molecule has 1 atom stereocenters. The first-order valence-corrected chi connectivity index (χ1v) is 9.53. The van der Waals surface area contributed by atoms with Crippen molar-refractivity contribution in [1.29, 1.82) is 0 Å². The number of hydrogen-bond donors (Lipinski definition) is 1. The van der Waals surface area contributed by atoms with E-state index in [1.807, 2.05) is 13.0 Å². The minimum atomic E-state index is -0.532. The van der Waals surface area contributed by atoms with Crippen molar-refractivity contribution in [3.63, 3.8) is 0 Å². The van der Waals surface area contributed by atoms with Gasteiger partial charge in [-0.25, -0.2) is 9.79 Å². The molecule has 7 heteroatoms. The zero-order valence-corrected chi connectivity index (χ0v) is 16.2. The summed E-state index contributed by atoms with van der Waals surface area (Å²) in [4.78, 5) is 17.1. The molecular weight excluding hydrogens is 367 g/mol. The van der Waals surface area contributed by atoms with Crippen LogP contribution in [0.3, 0.4) is 0 Å². The van der Waals surface area contributed by atoms with Gasteiger partial charge >= 0.3 is 5.97 Å². The van der Waals surface area contributed by atoms with Gasteiger partial charge in [-0.05, 0) is 26.3 Å². The minimum Gasteiger partial charge on any atom is -0.463 e. The van der Waals surface area contributed by atoms with E-state index in [9.17, 15) is 4.79 Å². The van der Waals surface area contributed by atoms with Gasteiger partial charge in [0, 0.05) is 17.0 Å². The van der Waals surface area contributed by atoms with Gasteiger partial charge in [0.25, 0.3) is 0 Å². The van der Waals surface area contributed by atoms with Crippen molar-refractivity contribution in [2.45, 2.75) is 33.2 Å². The van der Waals surface area contributed by atoms with E-state index < -0.39 is 12.0 Å². The molecule has 0 fully saturated rings. The van der Waals surface area contributed by atoms with E-state index in [0.717, 1.165) is 23.0 Å². The highest BCUT2D eigenvalue weighted by Crippen LogP contribution is 2.38. The van der Waals surface area contributed by atoms with Gasteiger partial charge in [0.15, 0.2) is 5.17 Å². The number of amidine groups is 1. The Hall–Kier alpha value is -1.17. The van der Waals surface area contributed by atoms with Gasteiger partial charge in [0.05, 0.1) is 22.2 Å². The van der Waals surface area contributed by atoms with E-state index >= 15 is 0 Å². The Kier molecular flexibility index (Phi) is 7.02. The Labute approximate surface area is 156 Å². The van der Waals surface area contributed by atoms with Crippen molar-refractivity contribution >= 4 is 46.1 Å². The molecule has 0 saturated carbocycles. The van der Waals surface area contributed by atoms with Gasteiger partial charge in [-0.3, -0.25) is 0 Å². The average Bonchev–Trinajstić information content (AvgIpc) is 2.55. The smallest absolute Gasteiger partial charge is 0.338 e. The Bertz CT molecular complexity index is 689. The summed E-state index contributed by atoms with van der Waals surface area (Å²) in [7, 11) is 0. The van der Waals surface area contributed by atoms with Crippen molar-refractivity contribution in [1.82, 2.24) is 5.32 Å². The average molecular weight is 387 g/mol. The number of carbonyl (C=O) groups excluding carboxylic acids is 1. The molecule has 1 N–H and O–H groups in total. The number of allylic oxidation sites excluding steroid dienone is 1. The van der Waals surface area contributed by atoms with E-state index in [4.69, 9.17) is 32.9 Å². The maximum Gasteiger partial charge on any atom is 0.338 e. The molecular formula is C17H20Cl2N2O2S. The number of ether oxygens (including phenoxy) is 1. The van der Waals surface area contributed by atoms with E-state index in [1.54, 1.807) is 30.8 Å². The second-order valence-electron chi connectivity index (χ2n) is 5.21. The molecule has 130 valence electrons. The van der Waals surface area contributed by atoms with Crippen LogP contribution in [0.25, 0.3) is 0 Å². The quantitative estimate of drug-likeness (QED) is 0.725. The van der Waals surface area contributed by atoms with Gasteiger partial charge in [-0.1, -0.05) is 54.0 Å². The molecule has 4 nitrogen and oxygen atoms in total. The van der Waals surface area contributed by atoms with E-state index in [-0.39, 0.29) is 0 Å². The van der Waals surface area contributed by atoms with Crippen LogP contribution in [-0.4, -0.2) is 23.5 Å². The summed E-state index contributed by atoms with van der Waals surface area (Å²) in [5.41, 5.74) is 1.88. The molecule has 1 heterocycles. The number of nitrogens with zero attached hydrogens (tertiary/aromatic N) is 1. The number of thioether (sulfide) groups is 1. The SMILES string of the molecule is CCCSC1=N[C@H](c2cccc(Cl)c2Cl)C(C(=O)OCC)=C(C)N1. The van der Waals surface area contributed by atoms with Crippen LogP contribution in [0.15, 0.2) is 34.5 Å². The number of halogens is 2. The highest BCUT2D eigenvalue weighted by atomic mass is 35.5. The molecule has 0 bridgehead atoms. The maximum atomic E-state index is 12.4. The lowest BCUT2D eigenvalue weighted by Gasteiger charge is -2.26. The fourth-order valence-corrected chi connectivity index (χ4v) is 3.56. The lowest BCUT2D eigenvalue weighted by atomic mass is 9.96. The molecule has 0 spiro atoms. The van der Waals surface area contributed by atoms with E-state index in [0.29, 0.717) is 27.8 Å². The fraction of sp³-hybridized carbons (Fsp3) is 0.412. The third kappa shape index (κ3) is 4.26. The normalized spacial score (nSPS) is 17.4. The van der Waals surface area contributed by atoms with Crippen LogP contribution in [0.1, 0.15) is 38.8 Å². The maximum absolute atomic E-state index is 12.4. The Morgan fingerprint density at radius 3 is 2.79 bits per heavy atom. The highest BCUT2D eigenvalue weighted by Gasteiger charge is 2.32. The van der Waals surface area contributed by atoms with Gasteiger partial charge < -0.3 is 10.1 Å². The van der Waals surface area contributed by atoms with E-state index in [1.165, 1.54) is 0 Å². The molecule has 2 rings (SSSR count). The second-order valence-corrected chi connectivity index (χ2v) is 7.08. The van der Waals surface area contributed by atoms with Crippen molar-refractivity contribution < 1.29 is 9.53 Å². The molecule has 0 aromatic heterocycles. The molecule has 0 amide bonds. The summed E-state index contributed by atoms with van der Waals surface area (Å²) in [6, 6.07) is 4.82. The summed E-state index contributed by atoms with van der Waals surface area (Å²) < 4.78 is 5.20. The van der Waals surface area contributed by atoms with Crippen LogP contribution < -0.4 is 5.32 Å². The summed E-state index contributed by atoms with van der Waals surface area (Å²) in [5.74, 6) is 0.538. The first-order valence-electron chi connectivity index (χ1n) is 7.79. The molecule has 0 aliphatic carbocycles. The van der Waals surface area contributed by atoms with Gasteiger partial charge in [0.1, 0.15) is 6.04 Å². The number of benzene rings is 1. The topological polar surface area (TPSA) is 50.7 Å². The zero-order valence-electron chi connectivity index (χ0n) is 13.9. The predicted octanol–water partition coefficient (Wildman–Crippen LogP) is 4.97. The number of hydrogen-bond acceptors (Lipinski definition) is 5. The summed E-state index contributed by atoms with van der Waals surface area (Å²) in [6.07, 6.45) is 1.03. The molecule has 1 aromatic rings. The molecule has 1 aromatic carbocycles. The number of aliphatic imine (C=N–C) groups is 1. The van der Waals surface area contributed by atoms with E-state index in [2.05, 4.69) is 12.2 Å². The molecule has 0 radical (unpaired) electrons. The van der Waals surface area contributed by atoms with Crippen LogP contribution in [0.5, 0.6) is 0 Å². The summed E-state index contributed by atoms with van der Waals surface area (Å²) >= 11 is 14.1. The third-order valence-corrected chi connectivity index (χ3v) is 5.36. The largest absolute Gasteiger partial charge is 0.463 e. The fourth-order valence-electron chi connectivity index (χ4n) is 2.35. The van der Waals surface area contributed by atoms with Crippen LogP contribution >= 0.6 is 35.0 Å². The lowest BCUT2D eigenvalue weighted by molar-refractivity contribution is -0.138. The Balaban J connectivity index is 2.49. The first-order chi connectivity index (χ1) is 11.5. The third-order valence-electron chi connectivity index (χ3n) is 3.43. The van der Waals surface area contributed by atoms with Crippen molar-refractivity contribution in [3.8, 4) is 0 Å². The van der Waals surface area contributed by atoms with Crippen molar-refractivity contribution in [2.24, 2.45) is 4.99 Å². The molecule has 1 aliphatic heterocycles. The van der Waals surface area contributed by atoms with Gasteiger partial charge in [-0.15, -0.1) is 0 Å². The van der Waals surface area contributed by atoms with Crippen LogP contribution in [-0.2, 0) is 9.53 Å². The monoisotopic (exact) mass is 386 g/mol. The Morgan fingerprint density at radius 1 is 1.38 bits per heavy atom. The Morgan fingerprint density at radius 2 is 2.12 bits per heavy atom. The van der Waals surface area contributed by atoms with Crippen molar-refractivity contribution in [3.05, 3.63) is 45.1 Å². The number of esters is 1. The first kappa shape index (κ1) is 19.2. The van der Waals surface area contributed by atoms with Crippen LogP contribution in [0.4, 0.5) is 0 Å². The van der Waals surface area contributed by atoms with Gasteiger partial charge in [-0.2, -0.15) is 0 Å². The van der Waals surface area contributed by atoms with Crippen LogP contribution in [0.2, 0.25) is 10.0 Å². The number of carbonyl (C=O) groups is 1.